The summed E-state index contributed by atoms with van der Waals surface area (Å²) < 4.78 is 0. The van der Waals surface area contributed by atoms with Gasteiger partial charge in [0.1, 0.15) is 0 Å². The molecule has 0 aromatic heterocycles. The lowest BCUT2D eigenvalue weighted by Crippen LogP contribution is -2.09. The molecule has 0 N–H and O–H groups in total. The maximum absolute atomic E-state index is 12.2. The van der Waals surface area contributed by atoms with Crippen molar-refractivity contribution in [2.75, 3.05) is 5.75 Å². The summed E-state index contributed by atoms with van der Waals surface area (Å²) in [5.41, 5.74) is 2.04. The second-order valence-electron chi connectivity index (χ2n) is 6.24. The second-order valence-corrected chi connectivity index (χ2v) is 7.28. The van der Waals surface area contributed by atoms with Crippen LogP contribution in [0.1, 0.15) is 62.2 Å². The molecule has 1 aromatic carbocycles. The van der Waals surface area contributed by atoms with Gasteiger partial charge in [-0.1, -0.05) is 56.4 Å². The van der Waals surface area contributed by atoms with Gasteiger partial charge in [0.15, 0.2) is 5.78 Å². The maximum atomic E-state index is 12.2. The smallest absolute Gasteiger partial charge is 0.162 e. The first-order chi connectivity index (χ1) is 10.1. The minimum atomic E-state index is 0.303. The van der Waals surface area contributed by atoms with Crippen LogP contribution in [0.3, 0.4) is 0 Å². The van der Waals surface area contributed by atoms with Crippen molar-refractivity contribution in [1.29, 1.82) is 0 Å². The van der Waals surface area contributed by atoms with E-state index >= 15 is 0 Å². The highest BCUT2D eigenvalue weighted by Gasteiger charge is 2.15. The van der Waals surface area contributed by atoms with E-state index in [1.165, 1.54) is 42.6 Å². The fourth-order valence-electron chi connectivity index (χ4n) is 2.90. The lowest BCUT2D eigenvalue weighted by atomic mass is 9.85. The van der Waals surface area contributed by atoms with Crippen LogP contribution in [-0.2, 0) is 0 Å². The number of carbonyl (C=O) groups excluding carboxylic acids is 1. The predicted molar refractivity (Wildman–Crippen MR) is 92.1 cm³/mol. The van der Waals surface area contributed by atoms with Gasteiger partial charge >= 0.3 is 0 Å². The first-order valence-electron chi connectivity index (χ1n) is 8.05. The third-order valence-electron chi connectivity index (χ3n) is 4.17. The highest BCUT2D eigenvalue weighted by Crippen LogP contribution is 2.28. The Kier molecular flexibility index (Phi) is 6.56. The largest absolute Gasteiger partial charge is 0.294 e. The van der Waals surface area contributed by atoms with Gasteiger partial charge in [-0.3, -0.25) is 4.79 Å². The zero-order chi connectivity index (χ0) is 15.1. The van der Waals surface area contributed by atoms with Crippen molar-refractivity contribution in [1.82, 2.24) is 0 Å². The molecule has 114 valence electrons. The highest BCUT2D eigenvalue weighted by atomic mass is 32.2. The molecule has 0 unspecified atom stereocenters. The quantitative estimate of drug-likeness (QED) is 0.354. The van der Waals surface area contributed by atoms with Crippen LogP contribution >= 0.6 is 11.8 Å². The van der Waals surface area contributed by atoms with Crippen LogP contribution in [0.25, 0.3) is 0 Å². The van der Waals surface area contributed by atoms with Crippen molar-refractivity contribution < 1.29 is 4.79 Å². The molecule has 2 rings (SSSR count). The third kappa shape index (κ3) is 5.70. The number of benzene rings is 1. The van der Waals surface area contributed by atoms with Crippen LogP contribution in [0.15, 0.2) is 41.3 Å². The molecule has 1 nitrogen and oxygen atoms in total. The summed E-state index contributed by atoms with van der Waals surface area (Å²) in [6, 6.07) is 8.07. The van der Waals surface area contributed by atoms with E-state index in [0.717, 1.165) is 23.7 Å². The van der Waals surface area contributed by atoms with Crippen LogP contribution in [0.2, 0.25) is 0 Å². The Morgan fingerprint density at radius 3 is 2.48 bits per heavy atom. The number of carbonyl (C=O) groups is 1. The van der Waals surface area contributed by atoms with E-state index in [0.29, 0.717) is 12.2 Å². The topological polar surface area (TPSA) is 17.1 Å². The molecule has 0 heterocycles. The Bertz CT molecular complexity index is 469. The molecule has 0 spiro atoms. The number of ketones is 1. The number of Topliss-reactive ketones (excluding diaryl/α,β-unsaturated/α-hetero) is 1. The van der Waals surface area contributed by atoms with Crippen molar-refractivity contribution in [2.24, 2.45) is 5.92 Å². The van der Waals surface area contributed by atoms with E-state index in [-0.39, 0.29) is 0 Å². The Labute approximate surface area is 133 Å². The molecule has 21 heavy (non-hydrogen) atoms. The minimum Gasteiger partial charge on any atom is -0.294 e. The van der Waals surface area contributed by atoms with Gasteiger partial charge < -0.3 is 0 Å². The lowest BCUT2D eigenvalue weighted by Gasteiger charge is -2.20. The Balaban J connectivity index is 1.80. The van der Waals surface area contributed by atoms with Gasteiger partial charge in [0.05, 0.1) is 0 Å². The Morgan fingerprint density at radius 1 is 1.19 bits per heavy atom. The van der Waals surface area contributed by atoms with Gasteiger partial charge in [-0.15, -0.1) is 11.8 Å². The van der Waals surface area contributed by atoms with Crippen LogP contribution in [0.5, 0.6) is 0 Å². The standard InChI is InChI=1S/C19H26OS/c1-15(2)14-21-18-11-9-17(10-12-18)19(20)13-8-16-6-4-3-5-7-16/h9-12,16H,1,3-8,13-14H2,2H3. The molecule has 1 aliphatic carbocycles. The molecule has 0 aliphatic heterocycles. The Hall–Kier alpha value is -1.02. The summed E-state index contributed by atoms with van der Waals surface area (Å²) in [5.74, 6) is 2.03. The molecule has 0 radical (unpaired) electrons. The molecule has 0 atom stereocenters. The first-order valence-corrected chi connectivity index (χ1v) is 9.04. The van der Waals surface area contributed by atoms with Gasteiger partial charge in [-0.2, -0.15) is 0 Å². The van der Waals surface area contributed by atoms with E-state index < -0.39 is 0 Å². The molecule has 0 amide bonds. The molecule has 0 bridgehead atoms. The van der Waals surface area contributed by atoms with Gasteiger partial charge in [-0.25, -0.2) is 0 Å². The SMILES string of the molecule is C=C(C)CSc1ccc(C(=O)CCC2CCCCC2)cc1. The van der Waals surface area contributed by atoms with Crippen LogP contribution < -0.4 is 0 Å². The predicted octanol–water partition coefficient (Wildman–Crippen LogP) is 5.90. The average molecular weight is 302 g/mol. The van der Waals surface area contributed by atoms with E-state index in [1.807, 2.05) is 19.1 Å². The number of hydrogen-bond acceptors (Lipinski definition) is 2. The highest BCUT2D eigenvalue weighted by molar-refractivity contribution is 7.99. The van der Waals surface area contributed by atoms with Gasteiger partial charge in [-0.05, 0) is 31.4 Å². The van der Waals surface area contributed by atoms with Crippen LogP contribution in [0.4, 0.5) is 0 Å². The van der Waals surface area contributed by atoms with Crippen molar-refractivity contribution in [3.8, 4) is 0 Å². The molecule has 1 saturated carbocycles. The average Bonchev–Trinajstić information content (AvgIpc) is 2.52. The summed E-state index contributed by atoms with van der Waals surface area (Å²) in [6.45, 7) is 5.95. The number of thioether (sulfide) groups is 1. The number of rotatable bonds is 7. The van der Waals surface area contributed by atoms with Gasteiger partial charge in [0.25, 0.3) is 0 Å². The van der Waals surface area contributed by atoms with E-state index in [9.17, 15) is 4.79 Å². The van der Waals surface area contributed by atoms with Crippen molar-refractivity contribution in [2.45, 2.75) is 56.8 Å². The monoisotopic (exact) mass is 302 g/mol. The Morgan fingerprint density at radius 2 is 1.86 bits per heavy atom. The molecular formula is C19H26OS. The summed E-state index contributed by atoms with van der Waals surface area (Å²) in [5, 5.41) is 0. The summed E-state index contributed by atoms with van der Waals surface area (Å²) in [7, 11) is 0. The zero-order valence-corrected chi connectivity index (χ0v) is 13.9. The summed E-state index contributed by atoms with van der Waals surface area (Å²) >= 11 is 1.77. The summed E-state index contributed by atoms with van der Waals surface area (Å²) in [6.07, 6.45) is 8.52. The van der Waals surface area contributed by atoms with E-state index in [2.05, 4.69) is 18.7 Å². The molecule has 2 heteroatoms. The van der Waals surface area contributed by atoms with Gasteiger partial charge in [0, 0.05) is 22.6 Å². The lowest BCUT2D eigenvalue weighted by molar-refractivity contribution is 0.0970. The maximum Gasteiger partial charge on any atom is 0.162 e. The molecule has 1 fully saturated rings. The van der Waals surface area contributed by atoms with Gasteiger partial charge in [0.2, 0.25) is 0 Å². The van der Waals surface area contributed by atoms with E-state index in [1.54, 1.807) is 11.8 Å². The first kappa shape index (κ1) is 16.4. The van der Waals surface area contributed by atoms with Crippen molar-refractivity contribution in [3.63, 3.8) is 0 Å². The van der Waals surface area contributed by atoms with Crippen LogP contribution in [-0.4, -0.2) is 11.5 Å². The third-order valence-corrected chi connectivity index (χ3v) is 5.41. The second kappa shape index (κ2) is 8.43. The van der Waals surface area contributed by atoms with Crippen LogP contribution in [0, 0.1) is 5.92 Å². The normalized spacial score (nSPS) is 15.9. The molecule has 1 aliphatic rings. The van der Waals surface area contributed by atoms with Crippen molar-refractivity contribution in [3.05, 3.63) is 42.0 Å². The minimum absolute atomic E-state index is 0.303. The fraction of sp³-hybridized carbons (Fsp3) is 0.526. The summed E-state index contributed by atoms with van der Waals surface area (Å²) in [4.78, 5) is 13.5. The number of hydrogen-bond donors (Lipinski definition) is 0. The fourth-order valence-corrected chi connectivity index (χ4v) is 3.64. The molecular weight excluding hydrogens is 276 g/mol. The molecule has 1 aromatic rings. The van der Waals surface area contributed by atoms with Crippen molar-refractivity contribution >= 4 is 17.5 Å². The molecule has 0 saturated heterocycles. The van der Waals surface area contributed by atoms with E-state index in [4.69, 9.17) is 0 Å². The zero-order valence-electron chi connectivity index (χ0n) is 13.1.